The molecule has 1 atom stereocenters. The SMILES string of the molecule is Cc1ncn(CC(O)C(=O)O)n1. The van der Waals surface area contributed by atoms with E-state index in [0.717, 1.165) is 0 Å². The molecule has 0 saturated heterocycles. The molecule has 2 N–H and O–H groups in total. The van der Waals surface area contributed by atoms with E-state index in [-0.39, 0.29) is 6.54 Å². The molecule has 6 heteroatoms. The van der Waals surface area contributed by atoms with E-state index in [1.165, 1.54) is 11.0 Å². The zero-order valence-corrected chi connectivity index (χ0v) is 6.51. The largest absolute Gasteiger partial charge is 0.479 e. The van der Waals surface area contributed by atoms with Crippen LogP contribution in [0.2, 0.25) is 0 Å². The Morgan fingerprint density at radius 3 is 2.92 bits per heavy atom. The minimum absolute atomic E-state index is 0.0732. The summed E-state index contributed by atoms with van der Waals surface area (Å²) in [6, 6.07) is 0. The normalized spacial score (nSPS) is 12.8. The molecule has 0 aliphatic rings. The minimum atomic E-state index is -1.42. The number of hydrogen-bond donors (Lipinski definition) is 2. The van der Waals surface area contributed by atoms with E-state index in [1.54, 1.807) is 6.92 Å². The van der Waals surface area contributed by atoms with Crippen molar-refractivity contribution in [2.75, 3.05) is 0 Å². The van der Waals surface area contributed by atoms with Gasteiger partial charge in [0.2, 0.25) is 0 Å². The number of rotatable bonds is 3. The Labute approximate surface area is 68.5 Å². The predicted octanol–water partition coefficient (Wildman–Crippen LogP) is -0.968. The maximum Gasteiger partial charge on any atom is 0.334 e. The van der Waals surface area contributed by atoms with Crippen LogP contribution in [0.5, 0.6) is 0 Å². The van der Waals surface area contributed by atoms with Gasteiger partial charge >= 0.3 is 5.97 Å². The molecule has 0 aromatic carbocycles. The molecule has 0 radical (unpaired) electrons. The third kappa shape index (κ3) is 2.03. The van der Waals surface area contributed by atoms with Crippen LogP contribution in [0.4, 0.5) is 0 Å². The summed E-state index contributed by atoms with van der Waals surface area (Å²) in [4.78, 5) is 14.0. The molecule has 0 saturated carbocycles. The van der Waals surface area contributed by atoms with Crippen molar-refractivity contribution in [1.29, 1.82) is 0 Å². The van der Waals surface area contributed by atoms with Crippen LogP contribution in [-0.2, 0) is 11.3 Å². The lowest BCUT2D eigenvalue weighted by atomic mass is 10.4. The molecule has 1 heterocycles. The van der Waals surface area contributed by atoms with Crippen LogP contribution in [0, 0.1) is 6.92 Å². The van der Waals surface area contributed by atoms with Crippen molar-refractivity contribution < 1.29 is 15.0 Å². The van der Waals surface area contributed by atoms with Gasteiger partial charge in [-0.25, -0.2) is 14.5 Å². The zero-order chi connectivity index (χ0) is 9.14. The molecule has 1 unspecified atom stereocenters. The number of aliphatic carboxylic acids is 1. The van der Waals surface area contributed by atoms with Gasteiger partial charge in [-0.1, -0.05) is 0 Å². The number of aliphatic hydroxyl groups is 1. The Kier molecular flexibility index (Phi) is 2.39. The molecule has 0 aliphatic carbocycles. The summed E-state index contributed by atoms with van der Waals surface area (Å²) >= 11 is 0. The fraction of sp³-hybridized carbons (Fsp3) is 0.500. The first kappa shape index (κ1) is 8.66. The van der Waals surface area contributed by atoms with Crippen molar-refractivity contribution in [3.05, 3.63) is 12.2 Å². The van der Waals surface area contributed by atoms with E-state index in [1.807, 2.05) is 0 Å². The molecule has 1 aromatic heterocycles. The highest BCUT2D eigenvalue weighted by molar-refractivity contribution is 5.71. The molecule has 0 bridgehead atoms. The molecule has 66 valence electrons. The first-order valence-corrected chi connectivity index (χ1v) is 3.36. The lowest BCUT2D eigenvalue weighted by Crippen LogP contribution is -2.25. The monoisotopic (exact) mass is 171 g/mol. The van der Waals surface area contributed by atoms with Crippen molar-refractivity contribution in [3.63, 3.8) is 0 Å². The molecule has 1 aromatic rings. The van der Waals surface area contributed by atoms with Gasteiger partial charge < -0.3 is 10.2 Å². The minimum Gasteiger partial charge on any atom is -0.479 e. The van der Waals surface area contributed by atoms with Crippen LogP contribution in [0.15, 0.2) is 6.33 Å². The molecule has 1 rings (SSSR count). The van der Waals surface area contributed by atoms with E-state index in [2.05, 4.69) is 10.1 Å². The van der Waals surface area contributed by atoms with Crippen LogP contribution in [0.25, 0.3) is 0 Å². The fourth-order valence-electron chi connectivity index (χ4n) is 0.731. The first-order chi connectivity index (χ1) is 5.59. The molecule has 0 amide bonds. The number of aromatic nitrogens is 3. The van der Waals surface area contributed by atoms with E-state index in [0.29, 0.717) is 5.82 Å². The van der Waals surface area contributed by atoms with Gasteiger partial charge in [0, 0.05) is 0 Å². The second kappa shape index (κ2) is 3.31. The third-order valence-corrected chi connectivity index (χ3v) is 1.30. The standard InChI is InChI=1S/C6H9N3O3/c1-4-7-3-9(8-4)2-5(10)6(11)12/h3,5,10H,2H2,1H3,(H,11,12). The average Bonchev–Trinajstić information content (AvgIpc) is 2.35. The lowest BCUT2D eigenvalue weighted by Gasteiger charge is -2.03. The van der Waals surface area contributed by atoms with E-state index in [9.17, 15) is 4.79 Å². The Hall–Kier alpha value is -1.43. The predicted molar refractivity (Wildman–Crippen MR) is 38.4 cm³/mol. The topological polar surface area (TPSA) is 88.2 Å². The van der Waals surface area contributed by atoms with Crippen molar-refractivity contribution >= 4 is 5.97 Å². The smallest absolute Gasteiger partial charge is 0.334 e. The average molecular weight is 171 g/mol. The van der Waals surface area contributed by atoms with Crippen molar-refractivity contribution in [3.8, 4) is 0 Å². The second-order valence-corrected chi connectivity index (χ2v) is 2.37. The number of carbonyl (C=O) groups is 1. The number of carboxylic acid groups (broad SMARTS) is 1. The zero-order valence-electron chi connectivity index (χ0n) is 6.51. The van der Waals surface area contributed by atoms with Crippen molar-refractivity contribution in [2.24, 2.45) is 0 Å². The number of hydrogen-bond acceptors (Lipinski definition) is 4. The van der Waals surface area contributed by atoms with Gasteiger partial charge in [-0.05, 0) is 6.92 Å². The Morgan fingerprint density at radius 1 is 1.83 bits per heavy atom. The van der Waals surface area contributed by atoms with Gasteiger partial charge in [-0.3, -0.25) is 0 Å². The van der Waals surface area contributed by atoms with Gasteiger partial charge in [0.1, 0.15) is 12.2 Å². The van der Waals surface area contributed by atoms with E-state index in [4.69, 9.17) is 10.2 Å². The number of aliphatic hydroxyl groups excluding tert-OH is 1. The Morgan fingerprint density at radius 2 is 2.50 bits per heavy atom. The number of carboxylic acids is 1. The van der Waals surface area contributed by atoms with Crippen LogP contribution < -0.4 is 0 Å². The number of nitrogens with zero attached hydrogens (tertiary/aromatic N) is 3. The van der Waals surface area contributed by atoms with Crippen LogP contribution in [0.1, 0.15) is 5.82 Å². The molecule has 0 aliphatic heterocycles. The van der Waals surface area contributed by atoms with Crippen molar-refractivity contribution in [1.82, 2.24) is 14.8 Å². The van der Waals surface area contributed by atoms with Crippen molar-refractivity contribution in [2.45, 2.75) is 19.6 Å². The lowest BCUT2D eigenvalue weighted by molar-refractivity contribution is -0.147. The first-order valence-electron chi connectivity index (χ1n) is 3.36. The Bertz CT molecular complexity index is 283. The molecular weight excluding hydrogens is 162 g/mol. The summed E-state index contributed by atoms with van der Waals surface area (Å²) in [6.07, 6.45) is -0.0484. The van der Waals surface area contributed by atoms with Crippen LogP contribution >= 0.6 is 0 Å². The summed E-state index contributed by atoms with van der Waals surface area (Å²) in [7, 11) is 0. The van der Waals surface area contributed by atoms with Gasteiger partial charge in [0.05, 0.1) is 6.54 Å². The maximum absolute atomic E-state index is 10.2. The van der Waals surface area contributed by atoms with Gasteiger partial charge in [-0.2, -0.15) is 5.10 Å². The van der Waals surface area contributed by atoms with Crippen LogP contribution in [0.3, 0.4) is 0 Å². The third-order valence-electron chi connectivity index (χ3n) is 1.30. The second-order valence-electron chi connectivity index (χ2n) is 2.37. The highest BCUT2D eigenvalue weighted by Crippen LogP contribution is 1.91. The quantitative estimate of drug-likeness (QED) is 0.611. The summed E-state index contributed by atoms with van der Waals surface area (Å²) in [5.74, 6) is -0.712. The van der Waals surface area contributed by atoms with Gasteiger partial charge in [-0.15, -0.1) is 0 Å². The summed E-state index contributed by atoms with van der Waals surface area (Å²) in [6.45, 7) is 1.61. The van der Waals surface area contributed by atoms with Gasteiger partial charge in [0.15, 0.2) is 6.10 Å². The molecule has 0 spiro atoms. The highest BCUT2D eigenvalue weighted by Gasteiger charge is 2.13. The van der Waals surface area contributed by atoms with Gasteiger partial charge in [0.25, 0.3) is 0 Å². The summed E-state index contributed by atoms with van der Waals surface area (Å²) in [5, 5.41) is 21.1. The molecule has 0 fully saturated rings. The van der Waals surface area contributed by atoms with E-state index >= 15 is 0 Å². The molecular formula is C6H9N3O3. The summed E-state index contributed by atoms with van der Waals surface area (Å²) < 4.78 is 1.29. The molecule has 6 nitrogen and oxygen atoms in total. The maximum atomic E-state index is 10.2. The van der Waals surface area contributed by atoms with Crippen LogP contribution in [-0.4, -0.2) is 37.1 Å². The van der Waals surface area contributed by atoms with E-state index < -0.39 is 12.1 Å². The highest BCUT2D eigenvalue weighted by atomic mass is 16.4. The molecule has 12 heavy (non-hydrogen) atoms. The fourth-order valence-corrected chi connectivity index (χ4v) is 0.731. The number of aryl methyl sites for hydroxylation is 1. The summed E-state index contributed by atoms with van der Waals surface area (Å²) in [5.41, 5.74) is 0. The Balaban J connectivity index is 2.58.